The van der Waals surface area contributed by atoms with Crippen LogP contribution < -0.4 is 10.6 Å². The summed E-state index contributed by atoms with van der Waals surface area (Å²) < 4.78 is 0. The molecule has 0 radical (unpaired) electrons. The van der Waals surface area contributed by atoms with Gasteiger partial charge in [0.1, 0.15) is 0 Å². The van der Waals surface area contributed by atoms with E-state index in [0.717, 1.165) is 12.1 Å². The molecule has 2 amide bonds. The Morgan fingerprint density at radius 1 is 0.889 bits per heavy atom. The van der Waals surface area contributed by atoms with Crippen molar-refractivity contribution in [3.8, 4) is 0 Å². The molecular weight excluding hydrogens is 336 g/mol. The highest BCUT2D eigenvalue weighted by Crippen LogP contribution is 2.23. The number of carbonyl (C=O) groups excluding carboxylic acids is 2. The molecule has 2 aromatic carbocycles. The molecule has 1 aliphatic carbocycles. The maximum atomic E-state index is 12.6. The van der Waals surface area contributed by atoms with Crippen LogP contribution in [0.15, 0.2) is 60.7 Å². The SMILES string of the molecule is O=C(C[C@H](NC(=O)c1ccccc1)c1ccccc1)NCC1CCCCC1. The summed E-state index contributed by atoms with van der Waals surface area (Å²) in [7, 11) is 0. The molecule has 1 fully saturated rings. The van der Waals surface area contributed by atoms with Crippen LogP contribution in [0.2, 0.25) is 0 Å². The summed E-state index contributed by atoms with van der Waals surface area (Å²) in [5.74, 6) is 0.420. The van der Waals surface area contributed by atoms with E-state index in [9.17, 15) is 9.59 Å². The standard InChI is InChI=1S/C23H28N2O2/c26-22(24-17-18-10-4-1-5-11-18)16-21(19-12-6-2-7-13-19)25-23(27)20-14-8-3-9-15-20/h2-3,6-9,12-15,18,21H,1,4-5,10-11,16-17H2,(H,24,26)(H,25,27)/t21-/m0/s1. The minimum Gasteiger partial charge on any atom is -0.356 e. The second-order valence-electron chi connectivity index (χ2n) is 7.31. The molecule has 142 valence electrons. The molecule has 0 unspecified atom stereocenters. The van der Waals surface area contributed by atoms with Crippen molar-refractivity contribution in [1.29, 1.82) is 0 Å². The molecule has 4 nitrogen and oxygen atoms in total. The van der Waals surface area contributed by atoms with Crippen molar-refractivity contribution >= 4 is 11.8 Å². The van der Waals surface area contributed by atoms with Gasteiger partial charge < -0.3 is 10.6 Å². The van der Waals surface area contributed by atoms with Crippen molar-refractivity contribution in [2.45, 2.75) is 44.6 Å². The molecule has 0 saturated heterocycles. The van der Waals surface area contributed by atoms with Crippen LogP contribution in [0.3, 0.4) is 0 Å². The van der Waals surface area contributed by atoms with Crippen LogP contribution in [0.4, 0.5) is 0 Å². The smallest absolute Gasteiger partial charge is 0.251 e. The van der Waals surface area contributed by atoms with E-state index < -0.39 is 0 Å². The molecule has 0 aromatic heterocycles. The topological polar surface area (TPSA) is 58.2 Å². The lowest BCUT2D eigenvalue weighted by Crippen LogP contribution is -2.35. The minimum absolute atomic E-state index is 0.0113. The summed E-state index contributed by atoms with van der Waals surface area (Å²) in [6.07, 6.45) is 6.49. The van der Waals surface area contributed by atoms with Gasteiger partial charge >= 0.3 is 0 Å². The van der Waals surface area contributed by atoms with Gasteiger partial charge in [0.25, 0.3) is 5.91 Å². The number of nitrogens with one attached hydrogen (secondary N) is 2. The predicted octanol–water partition coefficient (Wildman–Crippen LogP) is 4.24. The Labute approximate surface area is 161 Å². The van der Waals surface area contributed by atoms with Crippen LogP contribution in [0, 0.1) is 5.92 Å². The third-order valence-corrected chi connectivity index (χ3v) is 5.25. The monoisotopic (exact) mass is 364 g/mol. The van der Waals surface area contributed by atoms with E-state index in [-0.39, 0.29) is 24.3 Å². The summed E-state index contributed by atoms with van der Waals surface area (Å²) in [5.41, 5.74) is 1.54. The normalized spacial score (nSPS) is 15.7. The van der Waals surface area contributed by atoms with Gasteiger partial charge in [-0.05, 0) is 36.5 Å². The molecule has 1 saturated carbocycles. The van der Waals surface area contributed by atoms with Gasteiger partial charge in [0.2, 0.25) is 5.91 Å². The molecule has 1 atom stereocenters. The first kappa shape index (κ1) is 19.2. The van der Waals surface area contributed by atoms with E-state index in [4.69, 9.17) is 0 Å². The highest BCUT2D eigenvalue weighted by atomic mass is 16.2. The van der Waals surface area contributed by atoms with Crippen LogP contribution in [0.1, 0.15) is 60.5 Å². The van der Waals surface area contributed by atoms with Gasteiger partial charge in [-0.3, -0.25) is 9.59 Å². The van der Waals surface area contributed by atoms with Crippen molar-refractivity contribution in [3.63, 3.8) is 0 Å². The minimum atomic E-state index is -0.342. The van der Waals surface area contributed by atoms with Crippen molar-refractivity contribution < 1.29 is 9.59 Å². The lowest BCUT2D eigenvalue weighted by Gasteiger charge is -2.23. The van der Waals surface area contributed by atoms with E-state index in [2.05, 4.69) is 10.6 Å². The fraction of sp³-hybridized carbons (Fsp3) is 0.391. The number of amides is 2. The quantitative estimate of drug-likeness (QED) is 0.772. The maximum absolute atomic E-state index is 12.6. The van der Waals surface area contributed by atoms with E-state index >= 15 is 0 Å². The van der Waals surface area contributed by atoms with Gasteiger partial charge in [0.05, 0.1) is 12.5 Å². The summed E-state index contributed by atoms with van der Waals surface area (Å²) in [5, 5.41) is 6.09. The summed E-state index contributed by atoms with van der Waals surface area (Å²) >= 11 is 0. The molecule has 0 heterocycles. The first-order valence-corrected chi connectivity index (χ1v) is 9.90. The first-order valence-electron chi connectivity index (χ1n) is 9.90. The van der Waals surface area contributed by atoms with Crippen LogP contribution in [-0.2, 0) is 4.79 Å². The molecular formula is C23H28N2O2. The Morgan fingerprint density at radius 3 is 2.19 bits per heavy atom. The third-order valence-electron chi connectivity index (χ3n) is 5.25. The van der Waals surface area contributed by atoms with E-state index in [1.165, 1.54) is 32.1 Å². The van der Waals surface area contributed by atoms with Crippen molar-refractivity contribution in [2.24, 2.45) is 5.92 Å². The predicted molar refractivity (Wildman–Crippen MR) is 107 cm³/mol. The number of benzene rings is 2. The molecule has 4 heteroatoms. The lowest BCUT2D eigenvalue weighted by molar-refractivity contribution is -0.121. The zero-order valence-electron chi connectivity index (χ0n) is 15.7. The van der Waals surface area contributed by atoms with E-state index in [1.807, 2.05) is 48.5 Å². The third kappa shape index (κ3) is 5.95. The van der Waals surface area contributed by atoms with Crippen molar-refractivity contribution in [1.82, 2.24) is 10.6 Å². The van der Waals surface area contributed by atoms with Gasteiger partial charge in [-0.2, -0.15) is 0 Å². The van der Waals surface area contributed by atoms with E-state index in [1.54, 1.807) is 12.1 Å². The van der Waals surface area contributed by atoms with Gasteiger partial charge in [-0.25, -0.2) is 0 Å². The summed E-state index contributed by atoms with van der Waals surface area (Å²) in [4.78, 5) is 25.1. The van der Waals surface area contributed by atoms with Gasteiger partial charge in [0, 0.05) is 12.1 Å². The molecule has 3 rings (SSSR count). The van der Waals surface area contributed by atoms with Gasteiger partial charge in [-0.1, -0.05) is 67.8 Å². The average molecular weight is 364 g/mol. The number of hydrogen-bond acceptors (Lipinski definition) is 2. The zero-order valence-corrected chi connectivity index (χ0v) is 15.7. The first-order chi connectivity index (χ1) is 13.2. The van der Waals surface area contributed by atoms with Crippen molar-refractivity contribution in [2.75, 3.05) is 6.54 Å². The molecule has 27 heavy (non-hydrogen) atoms. The van der Waals surface area contributed by atoms with Gasteiger partial charge in [0.15, 0.2) is 0 Å². The number of hydrogen-bond donors (Lipinski definition) is 2. The Morgan fingerprint density at radius 2 is 1.52 bits per heavy atom. The van der Waals surface area contributed by atoms with Crippen LogP contribution in [0.5, 0.6) is 0 Å². The number of rotatable bonds is 7. The summed E-state index contributed by atoms with van der Waals surface area (Å²) in [6, 6.07) is 18.5. The molecule has 0 aliphatic heterocycles. The average Bonchev–Trinajstić information content (AvgIpc) is 2.74. The fourth-order valence-corrected chi connectivity index (χ4v) is 3.68. The largest absolute Gasteiger partial charge is 0.356 e. The fourth-order valence-electron chi connectivity index (χ4n) is 3.68. The highest BCUT2D eigenvalue weighted by molar-refractivity contribution is 5.94. The maximum Gasteiger partial charge on any atom is 0.251 e. The van der Waals surface area contributed by atoms with Gasteiger partial charge in [-0.15, -0.1) is 0 Å². The highest BCUT2D eigenvalue weighted by Gasteiger charge is 2.20. The Kier molecular flexibility index (Phi) is 7.03. The lowest BCUT2D eigenvalue weighted by atomic mass is 9.89. The second-order valence-corrected chi connectivity index (χ2v) is 7.31. The zero-order chi connectivity index (χ0) is 18.9. The molecule has 1 aliphatic rings. The summed E-state index contributed by atoms with van der Waals surface area (Å²) in [6.45, 7) is 0.743. The number of carbonyl (C=O) groups is 2. The molecule has 2 N–H and O–H groups in total. The van der Waals surface area contributed by atoms with Crippen molar-refractivity contribution in [3.05, 3.63) is 71.8 Å². The second kappa shape index (κ2) is 9.91. The Balaban J connectivity index is 1.61. The Bertz CT molecular complexity index is 725. The van der Waals surface area contributed by atoms with Crippen LogP contribution in [-0.4, -0.2) is 18.4 Å². The molecule has 0 bridgehead atoms. The van der Waals surface area contributed by atoms with E-state index in [0.29, 0.717) is 11.5 Å². The Hall–Kier alpha value is -2.62. The van der Waals surface area contributed by atoms with Crippen LogP contribution >= 0.6 is 0 Å². The molecule has 2 aromatic rings. The van der Waals surface area contributed by atoms with Crippen LogP contribution in [0.25, 0.3) is 0 Å². The molecule has 0 spiro atoms.